The summed E-state index contributed by atoms with van der Waals surface area (Å²) in [5, 5.41) is 2.96. The van der Waals surface area contributed by atoms with Crippen molar-refractivity contribution in [1.82, 2.24) is 10.2 Å². The lowest BCUT2D eigenvalue weighted by Gasteiger charge is -2.31. The number of rotatable bonds is 7. The number of carbonyl (C=O) groups is 2. The van der Waals surface area contributed by atoms with Gasteiger partial charge in [-0.3, -0.25) is 9.59 Å². The van der Waals surface area contributed by atoms with Crippen molar-refractivity contribution in [3.8, 4) is 5.75 Å². The van der Waals surface area contributed by atoms with E-state index < -0.39 is 6.04 Å². The van der Waals surface area contributed by atoms with Gasteiger partial charge in [0.15, 0.2) is 6.61 Å². The smallest absolute Gasteiger partial charge is 0.261 e. The molecule has 0 heterocycles. The van der Waals surface area contributed by atoms with Crippen LogP contribution in [0.1, 0.15) is 44.4 Å². The highest BCUT2D eigenvalue weighted by atomic mass is 16.5. The standard InChI is InChI=1S/C24H32N2O3/c1-17-11-13-21(14-12-17)29-16-22(27)26(15-20-10-8-7-9-18(20)2)19(3)23(28)25-24(4,5)6/h7-14,19H,15-16H2,1-6H3,(H,25,28)/t19-/m1/s1. The topological polar surface area (TPSA) is 58.6 Å². The Morgan fingerprint density at radius 2 is 1.66 bits per heavy atom. The number of hydrogen-bond acceptors (Lipinski definition) is 3. The van der Waals surface area contributed by atoms with Gasteiger partial charge < -0.3 is 15.0 Å². The molecule has 0 bridgehead atoms. The minimum absolute atomic E-state index is 0.123. The van der Waals surface area contributed by atoms with Crippen molar-refractivity contribution in [1.29, 1.82) is 0 Å². The summed E-state index contributed by atoms with van der Waals surface area (Å²) in [7, 11) is 0. The summed E-state index contributed by atoms with van der Waals surface area (Å²) in [6, 6.07) is 14.8. The van der Waals surface area contributed by atoms with Crippen LogP contribution in [0.25, 0.3) is 0 Å². The largest absolute Gasteiger partial charge is 0.484 e. The number of aryl methyl sites for hydroxylation is 2. The number of benzene rings is 2. The Bertz CT molecular complexity index is 838. The van der Waals surface area contributed by atoms with Crippen LogP contribution < -0.4 is 10.1 Å². The Morgan fingerprint density at radius 3 is 2.24 bits per heavy atom. The molecule has 0 unspecified atom stereocenters. The maximum atomic E-state index is 13.0. The van der Waals surface area contributed by atoms with Crippen molar-refractivity contribution in [3.63, 3.8) is 0 Å². The lowest BCUT2D eigenvalue weighted by Crippen LogP contribution is -2.53. The number of carbonyl (C=O) groups excluding carboxylic acids is 2. The third-order valence-electron chi connectivity index (χ3n) is 4.65. The van der Waals surface area contributed by atoms with Crippen molar-refractivity contribution < 1.29 is 14.3 Å². The molecule has 2 aromatic carbocycles. The molecule has 1 atom stereocenters. The maximum absolute atomic E-state index is 13.0. The molecule has 0 saturated carbocycles. The first kappa shape index (κ1) is 22.5. The Kier molecular flexibility index (Phi) is 7.43. The molecule has 2 aromatic rings. The van der Waals surface area contributed by atoms with Crippen LogP contribution >= 0.6 is 0 Å². The van der Waals surface area contributed by atoms with Gasteiger partial charge >= 0.3 is 0 Å². The van der Waals surface area contributed by atoms with Crippen LogP contribution in [-0.2, 0) is 16.1 Å². The van der Waals surface area contributed by atoms with Crippen molar-refractivity contribution >= 4 is 11.8 Å². The van der Waals surface area contributed by atoms with Gasteiger partial charge in [-0.15, -0.1) is 0 Å². The van der Waals surface area contributed by atoms with E-state index in [0.29, 0.717) is 12.3 Å². The molecule has 1 N–H and O–H groups in total. The van der Waals surface area contributed by atoms with E-state index in [2.05, 4.69) is 5.32 Å². The van der Waals surface area contributed by atoms with Gasteiger partial charge in [-0.1, -0.05) is 42.0 Å². The minimum Gasteiger partial charge on any atom is -0.484 e. The number of nitrogens with one attached hydrogen (secondary N) is 1. The Hall–Kier alpha value is -2.82. The van der Waals surface area contributed by atoms with Crippen molar-refractivity contribution in [2.75, 3.05) is 6.61 Å². The fraction of sp³-hybridized carbons (Fsp3) is 0.417. The number of nitrogens with zero attached hydrogens (tertiary/aromatic N) is 1. The summed E-state index contributed by atoms with van der Waals surface area (Å²) < 4.78 is 5.68. The van der Waals surface area contributed by atoms with E-state index in [0.717, 1.165) is 16.7 Å². The van der Waals surface area contributed by atoms with Crippen LogP contribution in [0.3, 0.4) is 0 Å². The first-order valence-electron chi connectivity index (χ1n) is 9.92. The molecule has 0 aliphatic heterocycles. The SMILES string of the molecule is Cc1ccc(OCC(=O)N(Cc2ccccc2C)[C@H](C)C(=O)NC(C)(C)C)cc1. The number of hydrogen-bond donors (Lipinski definition) is 1. The highest BCUT2D eigenvalue weighted by Crippen LogP contribution is 2.16. The van der Waals surface area contributed by atoms with Crippen LogP contribution in [0.5, 0.6) is 5.75 Å². The molecule has 0 spiro atoms. The monoisotopic (exact) mass is 396 g/mol. The fourth-order valence-corrected chi connectivity index (χ4v) is 2.89. The van der Waals surface area contributed by atoms with Gasteiger partial charge in [0.05, 0.1) is 0 Å². The zero-order chi connectivity index (χ0) is 21.6. The van der Waals surface area contributed by atoms with Crippen LogP contribution in [0.2, 0.25) is 0 Å². The summed E-state index contributed by atoms with van der Waals surface area (Å²) >= 11 is 0. The van der Waals surface area contributed by atoms with E-state index in [1.54, 1.807) is 11.8 Å². The molecular weight excluding hydrogens is 364 g/mol. The Morgan fingerprint density at radius 1 is 1.03 bits per heavy atom. The van der Waals surface area contributed by atoms with E-state index in [4.69, 9.17) is 4.74 Å². The van der Waals surface area contributed by atoms with Gasteiger partial charge in [0.2, 0.25) is 5.91 Å². The summed E-state index contributed by atoms with van der Waals surface area (Å²) in [6.45, 7) is 11.7. The molecule has 0 radical (unpaired) electrons. The van der Waals surface area contributed by atoms with Crippen LogP contribution in [0.15, 0.2) is 48.5 Å². The van der Waals surface area contributed by atoms with Gasteiger partial charge in [-0.2, -0.15) is 0 Å². The predicted octanol–water partition coefficient (Wildman–Crippen LogP) is 4.01. The summed E-state index contributed by atoms with van der Waals surface area (Å²) in [4.78, 5) is 27.4. The molecule has 0 fully saturated rings. The molecule has 29 heavy (non-hydrogen) atoms. The minimum atomic E-state index is -0.622. The summed E-state index contributed by atoms with van der Waals surface area (Å²) in [5.41, 5.74) is 2.83. The second-order valence-electron chi connectivity index (χ2n) is 8.47. The maximum Gasteiger partial charge on any atom is 0.261 e. The van der Waals surface area contributed by atoms with E-state index in [1.807, 2.05) is 83.1 Å². The van der Waals surface area contributed by atoms with E-state index in [1.165, 1.54) is 0 Å². The zero-order valence-electron chi connectivity index (χ0n) is 18.3. The normalized spacial score (nSPS) is 12.2. The Balaban J connectivity index is 2.18. The third-order valence-corrected chi connectivity index (χ3v) is 4.65. The van der Waals surface area contributed by atoms with Gasteiger partial charge in [0.25, 0.3) is 5.91 Å². The first-order chi connectivity index (χ1) is 13.6. The molecule has 0 aliphatic rings. The van der Waals surface area contributed by atoms with E-state index >= 15 is 0 Å². The third kappa shape index (κ3) is 6.93. The average molecular weight is 397 g/mol. The molecule has 0 saturated heterocycles. The summed E-state index contributed by atoms with van der Waals surface area (Å²) in [6.07, 6.45) is 0. The van der Waals surface area contributed by atoms with Crippen molar-refractivity contribution in [2.24, 2.45) is 0 Å². The average Bonchev–Trinajstić information content (AvgIpc) is 2.65. The van der Waals surface area contributed by atoms with Crippen molar-refractivity contribution in [3.05, 3.63) is 65.2 Å². The highest BCUT2D eigenvalue weighted by molar-refractivity contribution is 5.88. The molecule has 0 aromatic heterocycles. The van der Waals surface area contributed by atoms with Gasteiger partial charge in [0.1, 0.15) is 11.8 Å². The van der Waals surface area contributed by atoms with E-state index in [9.17, 15) is 9.59 Å². The van der Waals surface area contributed by atoms with Crippen LogP contribution in [0, 0.1) is 13.8 Å². The molecular formula is C24H32N2O3. The zero-order valence-corrected chi connectivity index (χ0v) is 18.3. The van der Waals surface area contributed by atoms with Crippen LogP contribution in [-0.4, -0.2) is 34.9 Å². The quantitative estimate of drug-likeness (QED) is 0.769. The molecule has 5 nitrogen and oxygen atoms in total. The molecule has 5 heteroatoms. The first-order valence-corrected chi connectivity index (χ1v) is 9.92. The highest BCUT2D eigenvalue weighted by Gasteiger charge is 2.28. The molecule has 2 amide bonds. The van der Waals surface area contributed by atoms with Gasteiger partial charge in [0, 0.05) is 12.1 Å². The van der Waals surface area contributed by atoms with Gasteiger partial charge in [-0.05, 0) is 64.8 Å². The predicted molar refractivity (Wildman–Crippen MR) is 116 cm³/mol. The van der Waals surface area contributed by atoms with Crippen molar-refractivity contribution in [2.45, 2.75) is 59.7 Å². The van der Waals surface area contributed by atoms with Crippen LogP contribution in [0.4, 0.5) is 0 Å². The second-order valence-corrected chi connectivity index (χ2v) is 8.47. The second kappa shape index (κ2) is 9.59. The molecule has 156 valence electrons. The molecule has 2 rings (SSSR count). The van der Waals surface area contributed by atoms with E-state index in [-0.39, 0.29) is 24.0 Å². The Labute approximate surface area is 174 Å². The fourth-order valence-electron chi connectivity index (χ4n) is 2.89. The van der Waals surface area contributed by atoms with Gasteiger partial charge in [-0.25, -0.2) is 0 Å². The lowest BCUT2D eigenvalue weighted by molar-refractivity contribution is -0.142. The summed E-state index contributed by atoms with van der Waals surface area (Å²) in [5.74, 6) is 0.215. The number of amides is 2. The molecule has 0 aliphatic carbocycles. The lowest BCUT2D eigenvalue weighted by atomic mass is 10.1. The number of ether oxygens (including phenoxy) is 1.